The van der Waals surface area contributed by atoms with Crippen LogP contribution in [0.3, 0.4) is 0 Å². The molecule has 4 atom stereocenters. The van der Waals surface area contributed by atoms with Crippen LogP contribution in [-0.2, 0) is 12.7 Å². The lowest BCUT2D eigenvalue weighted by atomic mass is 9.77. The standard InChI is InChI=1S/C18H20F4N4O/c19-15-5-14(18(20,21)22)2-1-11(15)6-25-7-12-3-16(26-10-23-9-24-26)17(27)4-13(12)8-25/h1-2,5,9-10,12-13,16-17,27H,3-4,6-8H2/t12-,13+,16-,17-/m1/s1. The van der Waals surface area contributed by atoms with E-state index in [-0.39, 0.29) is 24.1 Å². The summed E-state index contributed by atoms with van der Waals surface area (Å²) in [6.07, 6.45) is -0.654. The Morgan fingerprint density at radius 1 is 1.15 bits per heavy atom. The van der Waals surface area contributed by atoms with Gasteiger partial charge in [-0.3, -0.25) is 4.90 Å². The van der Waals surface area contributed by atoms with Gasteiger partial charge in [-0.25, -0.2) is 14.1 Å². The number of aromatic nitrogens is 3. The summed E-state index contributed by atoms with van der Waals surface area (Å²) in [7, 11) is 0. The Kier molecular flexibility index (Phi) is 4.67. The molecule has 4 rings (SSSR count). The maximum atomic E-state index is 14.1. The third-order valence-corrected chi connectivity index (χ3v) is 5.74. The number of halogens is 4. The second-order valence-electron chi connectivity index (χ2n) is 7.50. The van der Waals surface area contributed by atoms with E-state index in [0.717, 1.165) is 19.0 Å². The van der Waals surface area contributed by atoms with Crippen LogP contribution in [-0.4, -0.2) is 44.0 Å². The summed E-state index contributed by atoms with van der Waals surface area (Å²) in [6.45, 7) is 1.69. The number of hydrogen-bond donors (Lipinski definition) is 1. The molecule has 1 saturated carbocycles. The van der Waals surface area contributed by atoms with Crippen LogP contribution in [0.2, 0.25) is 0 Å². The smallest absolute Gasteiger partial charge is 0.391 e. The van der Waals surface area contributed by atoms with Crippen molar-refractivity contribution in [1.82, 2.24) is 19.7 Å². The zero-order valence-electron chi connectivity index (χ0n) is 14.5. The first-order valence-electron chi connectivity index (χ1n) is 8.91. The minimum Gasteiger partial charge on any atom is -0.391 e. The highest BCUT2D eigenvalue weighted by atomic mass is 19.4. The van der Waals surface area contributed by atoms with E-state index in [4.69, 9.17) is 0 Å². The molecule has 1 aliphatic heterocycles. The predicted molar refractivity (Wildman–Crippen MR) is 88.0 cm³/mol. The van der Waals surface area contributed by atoms with Gasteiger partial charge < -0.3 is 5.11 Å². The molecule has 1 saturated heterocycles. The number of alkyl halides is 3. The van der Waals surface area contributed by atoms with Crippen molar-refractivity contribution in [3.05, 3.63) is 47.8 Å². The van der Waals surface area contributed by atoms with Crippen LogP contribution in [0.4, 0.5) is 17.6 Å². The topological polar surface area (TPSA) is 54.2 Å². The first-order chi connectivity index (χ1) is 12.8. The van der Waals surface area contributed by atoms with E-state index in [1.165, 1.54) is 12.4 Å². The molecule has 1 aliphatic carbocycles. The third kappa shape index (κ3) is 3.70. The fourth-order valence-electron chi connectivity index (χ4n) is 4.40. The van der Waals surface area contributed by atoms with Gasteiger partial charge in [0.25, 0.3) is 0 Å². The number of fused-ring (bicyclic) bond motifs is 1. The van der Waals surface area contributed by atoms with Crippen LogP contribution in [0.25, 0.3) is 0 Å². The highest BCUT2D eigenvalue weighted by Gasteiger charge is 2.42. The summed E-state index contributed by atoms with van der Waals surface area (Å²) < 4.78 is 53.9. The number of likely N-dealkylation sites (tertiary alicyclic amines) is 1. The van der Waals surface area contributed by atoms with Gasteiger partial charge in [0, 0.05) is 25.2 Å². The molecule has 2 aromatic rings. The summed E-state index contributed by atoms with van der Waals surface area (Å²) in [5.41, 5.74) is -0.715. The zero-order valence-corrected chi connectivity index (χ0v) is 14.5. The van der Waals surface area contributed by atoms with E-state index in [9.17, 15) is 22.7 Å². The van der Waals surface area contributed by atoms with Gasteiger partial charge in [-0.1, -0.05) is 6.07 Å². The Morgan fingerprint density at radius 2 is 1.89 bits per heavy atom. The molecule has 9 heteroatoms. The lowest BCUT2D eigenvalue weighted by Gasteiger charge is -2.35. The maximum Gasteiger partial charge on any atom is 0.416 e. The van der Waals surface area contributed by atoms with E-state index in [1.54, 1.807) is 11.0 Å². The molecule has 2 fully saturated rings. The molecule has 27 heavy (non-hydrogen) atoms. The summed E-state index contributed by atoms with van der Waals surface area (Å²) in [6, 6.07) is 2.57. The number of aliphatic hydroxyl groups excluding tert-OH is 1. The third-order valence-electron chi connectivity index (χ3n) is 5.74. The van der Waals surface area contributed by atoms with Crippen LogP contribution in [0.5, 0.6) is 0 Å². The van der Waals surface area contributed by atoms with Gasteiger partial charge in [0.2, 0.25) is 0 Å². The second kappa shape index (κ2) is 6.87. The largest absolute Gasteiger partial charge is 0.416 e. The Labute approximate surface area is 153 Å². The van der Waals surface area contributed by atoms with E-state index in [2.05, 4.69) is 15.0 Å². The molecule has 0 spiro atoms. The SMILES string of the molecule is O[C@@H]1C[C@H]2CN(Cc3ccc(C(F)(F)F)cc3F)C[C@H]2C[C@H]1n1cncn1. The van der Waals surface area contributed by atoms with E-state index in [0.29, 0.717) is 24.9 Å². The number of hydrogen-bond acceptors (Lipinski definition) is 4. The highest BCUT2D eigenvalue weighted by Crippen LogP contribution is 2.41. The van der Waals surface area contributed by atoms with E-state index >= 15 is 0 Å². The number of rotatable bonds is 3. The van der Waals surface area contributed by atoms with Crippen LogP contribution in [0.15, 0.2) is 30.9 Å². The van der Waals surface area contributed by atoms with Gasteiger partial charge in [-0.15, -0.1) is 0 Å². The zero-order chi connectivity index (χ0) is 19.2. The van der Waals surface area contributed by atoms with Crippen LogP contribution >= 0.6 is 0 Å². The fourth-order valence-corrected chi connectivity index (χ4v) is 4.40. The van der Waals surface area contributed by atoms with Crippen molar-refractivity contribution in [2.24, 2.45) is 11.8 Å². The van der Waals surface area contributed by atoms with Crippen LogP contribution in [0.1, 0.15) is 30.0 Å². The van der Waals surface area contributed by atoms with Crippen molar-refractivity contribution in [3.8, 4) is 0 Å². The summed E-state index contributed by atoms with van der Waals surface area (Å²) in [5, 5.41) is 14.6. The van der Waals surface area contributed by atoms with E-state index < -0.39 is 23.7 Å². The Morgan fingerprint density at radius 3 is 2.52 bits per heavy atom. The van der Waals surface area contributed by atoms with Crippen molar-refractivity contribution in [2.75, 3.05) is 13.1 Å². The summed E-state index contributed by atoms with van der Waals surface area (Å²) in [4.78, 5) is 5.98. The first-order valence-corrected chi connectivity index (χ1v) is 8.91. The molecule has 146 valence electrons. The Hall–Kier alpha value is -2.00. The molecule has 0 radical (unpaired) electrons. The summed E-state index contributed by atoms with van der Waals surface area (Å²) in [5.74, 6) is -0.211. The summed E-state index contributed by atoms with van der Waals surface area (Å²) >= 11 is 0. The van der Waals surface area contributed by atoms with Gasteiger partial charge in [0.1, 0.15) is 18.5 Å². The minimum atomic E-state index is -4.55. The van der Waals surface area contributed by atoms with Gasteiger partial charge >= 0.3 is 6.18 Å². The highest BCUT2D eigenvalue weighted by molar-refractivity contribution is 5.26. The first kappa shape index (κ1) is 18.4. The molecule has 0 bridgehead atoms. The molecule has 0 unspecified atom stereocenters. The van der Waals surface area contributed by atoms with Crippen LogP contribution in [0, 0.1) is 17.7 Å². The average Bonchev–Trinajstić information content (AvgIpc) is 3.24. The monoisotopic (exact) mass is 384 g/mol. The molecule has 0 amide bonds. The molecule has 1 aromatic heterocycles. The molecule has 2 aliphatic rings. The predicted octanol–water partition coefficient (Wildman–Crippen LogP) is 2.88. The average molecular weight is 384 g/mol. The van der Waals surface area contributed by atoms with Crippen LogP contribution < -0.4 is 0 Å². The molecule has 5 nitrogen and oxygen atoms in total. The Balaban J connectivity index is 1.43. The Bertz CT molecular complexity index is 795. The lowest BCUT2D eigenvalue weighted by molar-refractivity contribution is -0.137. The van der Waals surface area contributed by atoms with Crippen molar-refractivity contribution < 1.29 is 22.7 Å². The van der Waals surface area contributed by atoms with Gasteiger partial charge in [0.05, 0.1) is 17.7 Å². The van der Waals surface area contributed by atoms with Gasteiger partial charge in [-0.05, 0) is 36.8 Å². The quantitative estimate of drug-likeness (QED) is 0.827. The van der Waals surface area contributed by atoms with Gasteiger partial charge in [-0.2, -0.15) is 18.3 Å². The number of benzene rings is 1. The van der Waals surface area contributed by atoms with Crippen molar-refractivity contribution in [2.45, 2.75) is 37.7 Å². The fraction of sp³-hybridized carbons (Fsp3) is 0.556. The molecule has 2 heterocycles. The normalized spacial score (nSPS) is 29.1. The van der Waals surface area contributed by atoms with Gasteiger partial charge in [0.15, 0.2) is 0 Å². The number of nitrogens with zero attached hydrogens (tertiary/aromatic N) is 4. The molecular weight excluding hydrogens is 364 g/mol. The van der Waals surface area contributed by atoms with Crippen molar-refractivity contribution in [3.63, 3.8) is 0 Å². The second-order valence-corrected chi connectivity index (χ2v) is 7.50. The maximum absolute atomic E-state index is 14.1. The van der Waals surface area contributed by atoms with Crippen molar-refractivity contribution in [1.29, 1.82) is 0 Å². The van der Waals surface area contributed by atoms with E-state index in [1.807, 2.05) is 0 Å². The minimum absolute atomic E-state index is 0.128. The molecule has 1 aromatic carbocycles. The number of aliphatic hydroxyl groups is 1. The lowest BCUT2D eigenvalue weighted by Crippen LogP contribution is -2.36. The molecule has 1 N–H and O–H groups in total. The van der Waals surface area contributed by atoms with Crippen molar-refractivity contribution >= 4 is 0 Å². The molecular formula is C18H20F4N4O.